The average molecular weight is 312 g/mol. The van der Waals surface area contributed by atoms with Gasteiger partial charge in [0.25, 0.3) is 0 Å². The summed E-state index contributed by atoms with van der Waals surface area (Å²) in [6.07, 6.45) is 3.60. The molecule has 0 N–H and O–H groups in total. The molecule has 1 amide bonds. The van der Waals surface area contributed by atoms with Crippen LogP contribution in [0.25, 0.3) is 0 Å². The number of hydrogen-bond donors (Lipinski definition) is 0. The fourth-order valence-electron chi connectivity index (χ4n) is 2.59. The van der Waals surface area contributed by atoms with Gasteiger partial charge in [0.1, 0.15) is 5.37 Å². The van der Waals surface area contributed by atoms with Crippen molar-refractivity contribution in [3.8, 4) is 0 Å². The van der Waals surface area contributed by atoms with Crippen molar-refractivity contribution in [2.75, 3.05) is 10.7 Å². The van der Waals surface area contributed by atoms with Gasteiger partial charge in [0, 0.05) is 23.6 Å². The highest BCUT2D eigenvalue weighted by molar-refractivity contribution is 8.00. The number of thioether (sulfide) groups is 1. The Balaban J connectivity index is 1.93. The van der Waals surface area contributed by atoms with Gasteiger partial charge in [-0.2, -0.15) is 0 Å². The molecule has 1 atom stereocenters. The van der Waals surface area contributed by atoms with E-state index < -0.39 is 0 Å². The molecule has 2 heterocycles. The van der Waals surface area contributed by atoms with Crippen molar-refractivity contribution in [3.05, 3.63) is 59.9 Å². The van der Waals surface area contributed by atoms with Crippen LogP contribution in [-0.2, 0) is 10.2 Å². The standard InChI is InChI=1S/C18H20N2OS/c1-18(2,3)14-6-8-15(9-7-14)20-16(21)12-22-17(20)13-5-4-10-19-11-13/h4-11,17H,12H2,1-3H3/t17-/m1/s1. The Hall–Kier alpha value is -1.81. The quantitative estimate of drug-likeness (QED) is 0.835. The summed E-state index contributed by atoms with van der Waals surface area (Å²) < 4.78 is 0. The summed E-state index contributed by atoms with van der Waals surface area (Å²) in [5.74, 6) is 0.669. The molecule has 1 aromatic heterocycles. The molecular formula is C18H20N2OS. The second-order valence-electron chi connectivity index (χ2n) is 6.51. The van der Waals surface area contributed by atoms with Crippen LogP contribution in [0.3, 0.4) is 0 Å². The van der Waals surface area contributed by atoms with E-state index in [1.54, 1.807) is 18.0 Å². The number of rotatable bonds is 2. The second-order valence-corrected chi connectivity index (χ2v) is 7.58. The molecule has 3 rings (SSSR count). The molecule has 22 heavy (non-hydrogen) atoms. The fraction of sp³-hybridized carbons (Fsp3) is 0.333. The minimum Gasteiger partial charge on any atom is -0.295 e. The predicted octanol–water partition coefficient (Wildman–Crippen LogP) is 4.16. The molecule has 1 aliphatic rings. The number of carbonyl (C=O) groups is 1. The molecule has 0 aliphatic carbocycles. The maximum atomic E-state index is 12.3. The molecule has 2 aromatic rings. The number of nitrogens with zero attached hydrogens (tertiary/aromatic N) is 2. The molecular weight excluding hydrogens is 292 g/mol. The van der Waals surface area contributed by atoms with Gasteiger partial charge < -0.3 is 0 Å². The van der Waals surface area contributed by atoms with E-state index in [-0.39, 0.29) is 16.7 Å². The van der Waals surface area contributed by atoms with Crippen molar-refractivity contribution in [2.45, 2.75) is 31.6 Å². The van der Waals surface area contributed by atoms with Gasteiger partial charge in [0.2, 0.25) is 5.91 Å². The third kappa shape index (κ3) is 2.88. The second kappa shape index (κ2) is 5.76. The van der Waals surface area contributed by atoms with Gasteiger partial charge in [-0.25, -0.2) is 0 Å². The lowest BCUT2D eigenvalue weighted by Gasteiger charge is -2.25. The third-order valence-electron chi connectivity index (χ3n) is 3.85. The summed E-state index contributed by atoms with van der Waals surface area (Å²) >= 11 is 1.65. The normalized spacial score (nSPS) is 18.8. The summed E-state index contributed by atoms with van der Waals surface area (Å²) in [4.78, 5) is 18.4. The van der Waals surface area contributed by atoms with Crippen molar-refractivity contribution in [2.24, 2.45) is 0 Å². The Morgan fingerprint density at radius 3 is 2.50 bits per heavy atom. The molecule has 0 spiro atoms. The van der Waals surface area contributed by atoms with E-state index in [0.717, 1.165) is 11.3 Å². The Kier molecular flexibility index (Phi) is 3.96. The molecule has 1 saturated heterocycles. The molecule has 114 valence electrons. The number of aromatic nitrogens is 1. The minimum absolute atomic E-state index is 0.0155. The molecule has 0 bridgehead atoms. The third-order valence-corrected chi connectivity index (χ3v) is 5.06. The SMILES string of the molecule is CC(C)(C)c1ccc(N2C(=O)CS[C@@H]2c2cccnc2)cc1. The van der Waals surface area contributed by atoms with Gasteiger partial charge in [-0.05, 0) is 29.2 Å². The molecule has 0 radical (unpaired) electrons. The number of pyridine rings is 1. The number of benzene rings is 1. The molecule has 1 aliphatic heterocycles. The van der Waals surface area contributed by atoms with E-state index in [0.29, 0.717) is 5.75 Å². The Labute approximate surface area is 135 Å². The zero-order valence-corrected chi connectivity index (χ0v) is 13.9. The van der Waals surface area contributed by atoms with Crippen molar-refractivity contribution >= 4 is 23.4 Å². The smallest absolute Gasteiger partial charge is 0.238 e. The summed E-state index contributed by atoms with van der Waals surface area (Å²) in [7, 11) is 0. The van der Waals surface area contributed by atoms with Crippen LogP contribution in [0.2, 0.25) is 0 Å². The molecule has 0 saturated carbocycles. The fourth-order valence-corrected chi connectivity index (χ4v) is 3.75. The number of hydrogen-bond acceptors (Lipinski definition) is 3. The van der Waals surface area contributed by atoms with E-state index >= 15 is 0 Å². The predicted molar refractivity (Wildman–Crippen MR) is 92.1 cm³/mol. The molecule has 4 heteroatoms. The molecule has 0 unspecified atom stereocenters. The first-order valence-corrected chi connectivity index (χ1v) is 8.46. The first-order chi connectivity index (χ1) is 10.5. The van der Waals surface area contributed by atoms with E-state index in [9.17, 15) is 4.79 Å². The maximum Gasteiger partial charge on any atom is 0.238 e. The largest absolute Gasteiger partial charge is 0.295 e. The lowest BCUT2D eigenvalue weighted by Crippen LogP contribution is -2.28. The highest BCUT2D eigenvalue weighted by Gasteiger charge is 2.34. The lowest BCUT2D eigenvalue weighted by molar-refractivity contribution is -0.115. The van der Waals surface area contributed by atoms with Crippen molar-refractivity contribution in [3.63, 3.8) is 0 Å². The van der Waals surface area contributed by atoms with Gasteiger partial charge in [0.15, 0.2) is 0 Å². The van der Waals surface area contributed by atoms with Crippen LogP contribution in [0.1, 0.15) is 37.3 Å². The Morgan fingerprint density at radius 2 is 1.91 bits per heavy atom. The average Bonchev–Trinajstić information content (AvgIpc) is 2.89. The highest BCUT2D eigenvalue weighted by Crippen LogP contribution is 2.41. The molecule has 1 aromatic carbocycles. The number of amides is 1. The van der Waals surface area contributed by atoms with E-state index in [1.807, 2.05) is 35.4 Å². The first kappa shape index (κ1) is 15.1. The van der Waals surface area contributed by atoms with Crippen LogP contribution >= 0.6 is 11.8 Å². The van der Waals surface area contributed by atoms with E-state index in [2.05, 4.69) is 37.9 Å². The van der Waals surface area contributed by atoms with Crippen LogP contribution in [0.15, 0.2) is 48.8 Å². The zero-order valence-electron chi connectivity index (χ0n) is 13.1. The number of anilines is 1. The summed E-state index contributed by atoms with van der Waals surface area (Å²) in [6, 6.07) is 12.3. The summed E-state index contributed by atoms with van der Waals surface area (Å²) in [6.45, 7) is 6.58. The van der Waals surface area contributed by atoms with E-state index in [1.165, 1.54) is 5.56 Å². The zero-order chi connectivity index (χ0) is 15.7. The summed E-state index contributed by atoms with van der Waals surface area (Å²) in [5, 5.41) is 0.0155. The lowest BCUT2D eigenvalue weighted by atomic mass is 9.87. The minimum atomic E-state index is 0.0155. The topological polar surface area (TPSA) is 33.2 Å². The van der Waals surface area contributed by atoms with Crippen molar-refractivity contribution in [1.82, 2.24) is 4.98 Å². The molecule has 1 fully saturated rings. The van der Waals surface area contributed by atoms with Crippen LogP contribution in [-0.4, -0.2) is 16.6 Å². The Bertz CT molecular complexity index is 662. The Morgan fingerprint density at radius 1 is 1.18 bits per heavy atom. The molecule has 3 nitrogen and oxygen atoms in total. The van der Waals surface area contributed by atoms with Crippen LogP contribution in [0, 0.1) is 0 Å². The first-order valence-electron chi connectivity index (χ1n) is 7.41. The van der Waals surface area contributed by atoms with Crippen LogP contribution in [0.5, 0.6) is 0 Å². The maximum absolute atomic E-state index is 12.3. The van der Waals surface area contributed by atoms with Crippen molar-refractivity contribution in [1.29, 1.82) is 0 Å². The van der Waals surface area contributed by atoms with Gasteiger partial charge in [-0.1, -0.05) is 39.0 Å². The van der Waals surface area contributed by atoms with Gasteiger partial charge in [-0.3, -0.25) is 14.7 Å². The van der Waals surface area contributed by atoms with Gasteiger partial charge in [0.05, 0.1) is 5.75 Å². The van der Waals surface area contributed by atoms with Crippen LogP contribution in [0.4, 0.5) is 5.69 Å². The highest BCUT2D eigenvalue weighted by atomic mass is 32.2. The van der Waals surface area contributed by atoms with Crippen molar-refractivity contribution < 1.29 is 4.79 Å². The van der Waals surface area contributed by atoms with Gasteiger partial charge in [-0.15, -0.1) is 11.8 Å². The van der Waals surface area contributed by atoms with Gasteiger partial charge >= 0.3 is 0 Å². The number of carbonyl (C=O) groups excluding carboxylic acids is 1. The summed E-state index contributed by atoms with van der Waals surface area (Å²) in [5.41, 5.74) is 3.41. The monoisotopic (exact) mass is 312 g/mol. The van der Waals surface area contributed by atoms with Crippen LogP contribution < -0.4 is 4.90 Å². The van der Waals surface area contributed by atoms with E-state index in [4.69, 9.17) is 0 Å².